The number of hydrogen-bond donors (Lipinski definition) is 2. The summed E-state index contributed by atoms with van der Waals surface area (Å²) in [4.78, 5) is 26.3. The van der Waals surface area contributed by atoms with E-state index in [4.69, 9.17) is 4.74 Å². The van der Waals surface area contributed by atoms with Crippen LogP contribution in [0.1, 0.15) is 60.0 Å². The third-order valence-electron chi connectivity index (χ3n) is 9.40. The van der Waals surface area contributed by atoms with Crippen LogP contribution in [-0.4, -0.2) is 29.2 Å². The van der Waals surface area contributed by atoms with E-state index in [1.165, 1.54) is 0 Å². The van der Waals surface area contributed by atoms with E-state index >= 15 is 0 Å². The summed E-state index contributed by atoms with van der Waals surface area (Å²) >= 11 is 0. The van der Waals surface area contributed by atoms with E-state index in [1.54, 1.807) is 30.3 Å². The molecule has 10 heteroatoms. The molecular formula is C32H30F5NO4. The highest BCUT2D eigenvalue weighted by atomic mass is 19.4. The van der Waals surface area contributed by atoms with Gasteiger partial charge in [0.05, 0.1) is 5.56 Å². The average molecular weight is 588 g/mol. The first-order chi connectivity index (χ1) is 19.9. The van der Waals surface area contributed by atoms with Gasteiger partial charge in [0.25, 0.3) is 5.91 Å². The van der Waals surface area contributed by atoms with Gasteiger partial charge < -0.3 is 15.2 Å². The first-order valence-corrected chi connectivity index (χ1v) is 14.1. The summed E-state index contributed by atoms with van der Waals surface area (Å²) in [6, 6.07) is 13.0. The van der Waals surface area contributed by atoms with Crippen molar-refractivity contribution in [3.05, 3.63) is 77.4 Å². The molecule has 7 rings (SSSR count). The summed E-state index contributed by atoms with van der Waals surface area (Å²) in [5.74, 6) is -5.04. The van der Waals surface area contributed by atoms with Crippen molar-refractivity contribution in [1.82, 2.24) is 5.32 Å². The minimum atomic E-state index is -5.72. The molecule has 0 saturated heterocycles. The van der Waals surface area contributed by atoms with Gasteiger partial charge in [-0.1, -0.05) is 54.6 Å². The van der Waals surface area contributed by atoms with E-state index in [9.17, 15) is 36.6 Å². The zero-order valence-corrected chi connectivity index (χ0v) is 22.6. The number of carbonyl (C=O) groups is 2. The SMILES string of the molecule is O=C(N[C@H](C(=O)O)C12CC3CC(CC(C3)C1)C2)c1ccc2ccccc2c1OCc1ccc(C(F)(F)C(F)(F)F)cc1. The summed E-state index contributed by atoms with van der Waals surface area (Å²) in [5, 5.41) is 14.4. The van der Waals surface area contributed by atoms with Gasteiger partial charge in [-0.05, 0) is 73.3 Å². The summed E-state index contributed by atoms with van der Waals surface area (Å²) in [5.41, 5.74) is -1.25. The Kier molecular flexibility index (Phi) is 6.93. The van der Waals surface area contributed by atoms with Crippen molar-refractivity contribution in [1.29, 1.82) is 0 Å². The molecule has 3 aromatic carbocycles. The Balaban J connectivity index is 1.27. The number of nitrogens with one attached hydrogen (secondary N) is 1. The zero-order chi connectivity index (χ0) is 29.9. The Hall–Kier alpha value is -3.69. The van der Waals surface area contributed by atoms with E-state index in [1.807, 2.05) is 6.07 Å². The second kappa shape index (κ2) is 10.2. The maximum absolute atomic E-state index is 13.7. The first-order valence-electron chi connectivity index (χ1n) is 14.1. The number of carbonyl (C=O) groups excluding carboxylic acids is 1. The number of carboxylic acids is 1. The molecule has 1 atom stereocenters. The van der Waals surface area contributed by atoms with Crippen molar-refractivity contribution in [2.75, 3.05) is 0 Å². The minimum Gasteiger partial charge on any atom is -0.487 e. The van der Waals surface area contributed by atoms with E-state index in [0.29, 0.717) is 40.8 Å². The molecule has 4 bridgehead atoms. The fourth-order valence-corrected chi connectivity index (χ4v) is 7.92. The van der Waals surface area contributed by atoms with Crippen molar-refractivity contribution in [2.45, 2.75) is 63.3 Å². The van der Waals surface area contributed by atoms with E-state index in [2.05, 4.69) is 5.32 Å². The molecule has 0 unspecified atom stereocenters. The number of benzene rings is 3. The average Bonchev–Trinajstić information content (AvgIpc) is 2.93. The van der Waals surface area contributed by atoms with Gasteiger partial charge in [-0.25, -0.2) is 4.79 Å². The third kappa shape index (κ3) is 4.98. The van der Waals surface area contributed by atoms with Crippen molar-refractivity contribution in [3.8, 4) is 5.75 Å². The molecule has 222 valence electrons. The van der Waals surface area contributed by atoms with Crippen LogP contribution in [0.15, 0.2) is 60.7 Å². The molecule has 4 saturated carbocycles. The lowest BCUT2D eigenvalue weighted by molar-refractivity contribution is -0.289. The molecule has 0 heterocycles. The van der Waals surface area contributed by atoms with Gasteiger partial charge in [0.2, 0.25) is 0 Å². The van der Waals surface area contributed by atoms with Crippen molar-refractivity contribution >= 4 is 22.6 Å². The number of rotatable bonds is 8. The zero-order valence-electron chi connectivity index (χ0n) is 22.6. The normalized spacial score (nSPS) is 25.8. The van der Waals surface area contributed by atoms with Crippen LogP contribution in [0.25, 0.3) is 10.8 Å². The molecule has 0 radical (unpaired) electrons. The second-order valence-corrected chi connectivity index (χ2v) is 12.2. The van der Waals surface area contributed by atoms with Crippen molar-refractivity contribution in [2.24, 2.45) is 23.2 Å². The van der Waals surface area contributed by atoms with Gasteiger partial charge >= 0.3 is 18.1 Å². The molecule has 2 N–H and O–H groups in total. The number of fused-ring (bicyclic) bond motifs is 1. The van der Waals surface area contributed by atoms with Crippen LogP contribution in [0, 0.1) is 23.2 Å². The number of halogens is 5. The number of ether oxygens (including phenoxy) is 1. The lowest BCUT2D eigenvalue weighted by Gasteiger charge is -2.58. The van der Waals surface area contributed by atoms with E-state index < -0.39 is 41.0 Å². The Bertz CT molecular complexity index is 1480. The molecule has 4 aliphatic rings. The minimum absolute atomic E-state index is 0.116. The largest absolute Gasteiger partial charge is 0.487 e. The molecule has 1 amide bonds. The lowest BCUT2D eigenvalue weighted by Crippen LogP contribution is -2.59. The first kappa shape index (κ1) is 28.4. The monoisotopic (exact) mass is 587 g/mol. The molecule has 0 spiro atoms. The molecule has 4 fully saturated rings. The lowest BCUT2D eigenvalue weighted by atomic mass is 9.47. The molecule has 3 aromatic rings. The van der Waals surface area contributed by atoms with Crippen LogP contribution in [0.4, 0.5) is 22.0 Å². The van der Waals surface area contributed by atoms with Gasteiger partial charge in [-0.3, -0.25) is 4.79 Å². The predicted octanol–water partition coefficient (Wildman–Crippen LogP) is 7.47. The van der Waals surface area contributed by atoms with E-state index in [0.717, 1.165) is 56.0 Å². The standard InChI is InChI=1S/C32H30F5NO4/c33-31(34,32(35,36)37)23-8-5-18(6-9-23)17-42-26-24-4-2-1-3-22(24)7-10-25(26)28(39)38-27(29(40)41)30-14-19-11-20(15-30)13-21(12-19)16-30/h1-10,19-21,27H,11-17H2,(H,38,39)(H,40,41)/t19?,20?,21?,27-,30?/m1/s1. The quantitative estimate of drug-likeness (QED) is 0.268. The van der Waals surface area contributed by atoms with E-state index in [-0.39, 0.29) is 17.9 Å². The predicted molar refractivity (Wildman–Crippen MR) is 144 cm³/mol. The number of amides is 1. The number of carboxylic acid groups (broad SMARTS) is 1. The molecule has 42 heavy (non-hydrogen) atoms. The highest BCUT2D eigenvalue weighted by Gasteiger charge is 2.59. The van der Waals surface area contributed by atoms with Gasteiger partial charge in [0, 0.05) is 16.4 Å². The van der Waals surface area contributed by atoms with Crippen LogP contribution >= 0.6 is 0 Å². The maximum Gasteiger partial charge on any atom is 0.458 e. The summed E-state index contributed by atoms with van der Waals surface area (Å²) in [6.45, 7) is -0.219. The Morgan fingerprint density at radius 2 is 1.48 bits per heavy atom. The van der Waals surface area contributed by atoms with Gasteiger partial charge in [-0.2, -0.15) is 22.0 Å². The second-order valence-electron chi connectivity index (χ2n) is 12.2. The fourth-order valence-electron chi connectivity index (χ4n) is 7.92. The number of aliphatic carboxylic acids is 1. The Labute approximate surface area is 239 Å². The molecule has 0 aromatic heterocycles. The maximum atomic E-state index is 13.7. The molecular weight excluding hydrogens is 557 g/mol. The number of alkyl halides is 5. The van der Waals surface area contributed by atoms with Gasteiger partial charge in [0.15, 0.2) is 0 Å². The van der Waals surface area contributed by atoms with Gasteiger partial charge in [0.1, 0.15) is 18.4 Å². The highest BCUT2D eigenvalue weighted by Crippen LogP contribution is 2.61. The van der Waals surface area contributed by atoms with Crippen LogP contribution < -0.4 is 10.1 Å². The summed E-state index contributed by atoms with van der Waals surface area (Å²) < 4.78 is 71.7. The summed E-state index contributed by atoms with van der Waals surface area (Å²) in [6.07, 6.45) is -0.0204. The molecule has 4 aliphatic carbocycles. The van der Waals surface area contributed by atoms with Gasteiger partial charge in [-0.15, -0.1) is 0 Å². The topological polar surface area (TPSA) is 75.6 Å². The summed E-state index contributed by atoms with van der Waals surface area (Å²) in [7, 11) is 0. The van der Waals surface area contributed by atoms with Crippen molar-refractivity contribution in [3.63, 3.8) is 0 Å². The van der Waals surface area contributed by atoms with Crippen LogP contribution in [0.2, 0.25) is 0 Å². The molecule has 0 aliphatic heterocycles. The molecule has 5 nitrogen and oxygen atoms in total. The van der Waals surface area contributed by atoms with Crippen LogP contribution in [0.3, 0.4) is 0 Å². The van der Waals surface area contributed by atoms with Crippen LogP contribution in [-0.2, 0) is 17.3 Å². The van der Waals surface area contributed by atoms with Crippen molar-refractivity contribution < 1.29 is 41.4 Å². The number of hydrogen-bond acceptors (Lipinski definition) is 3. The Morgan fingerprint density at radius 1 is 0.881 bits per heavy atom. The highest BCUT2D eigenvalue weighted by molar-refractivity contribution is 6.05. The van der Waals surface area contributed by atoms with Crippen LogP contribution in [0.5, 0.6) is 5.75 Å². The fraction of sp³-hybridized carbons (Fsp3) is 0.438. The Morgan fingerprint density at radius 3 is 2.05 bits per heavy atom. The smallest absolute Gasteiger partial charge is 0.458 e. The third-order valence-corrected chi connectivity index (χ3v) is 9.40.